The number of carbonyl (C=O) groups is 1. The molecule has 4 heterocycles. The third kappa shape index (κ3) is 2.25. The van der Waals surface area contributed by atoms with Crippen LogP contribution in [0.5, 0.6) is 0 Å². The first-order valence-corrected chi connectivity index (χ1v) is 8.42. The number of rotatable bonds is 2. The summed E-state index contributed by atoms with van der Waals surface area (Å²) in [4.78, 5) is 27.4. The number of aromatic nitrogens is 3. The van der Waals surface area contributed by atoms with Crippen molar-refractivity contribution in [3.8, 4) is 0 Å². The molecule has 4 rings (SSSR count). The largest absolute Gasteiger partial charge is 0.378 e. The maximum atomic E-state index is 12.9. The van der Waals surface area contributed by atoms with E-state index in [0.29, 0.717) is 50.6 Å². The fourth-order valence-electron chi connectivity index (χ4n) is 3.60. The van der Waals surface area contributed by atoms with Crippen LogP contribution in [0.2, 0.25) is 0 Å². The summed E-state index contributed by atoms with van der Waals surface area (Å²) in [5.41, 5.74) is 2.75. The summed E-state index contributed by atoms with van der Waals surface area (Å²) in [5, 5.41) is 7.46. The number of amides is 1. The van der Waals surface area contributed by atoms with E-state index in [1.54, 1.807) is 4.90 Å². The number of hydrogen-bond acceptors (Lipinski definition) is 5. The molecule has 2 aliphatic heterocycles. The summed E-state index contributed by atoms with van der Waals surface area (Å²) >= 11 is 0. The summed E-state index contributed by atoms with van der Waals surface area (Å²) in [6.45, 7) is 6.35. The van der Waals surface area contributed by atoms with E-state index in [9.17, 15) is 9.59 Å². The van der Waals surface area contributed by atoms with Crippen LogP contribution in [-0.4, -0.2) is 57.8 Å². The normalized spacial score (nSPS) is 18.0. The molecule has 2 aliphatic rings. The van der Waals surface area contributed by atoms with Gasteiger partial charge in [-0.25, -0.2) is 0 Å². The molecule has 0 spiro atoms. The molecule has 0 atom stereocenters. The smallest absolute Gasteiger partial charge is 0.279 e. The zero-order chi connectivity index (χ0) is 16.7. The lowest BCUT2D eigenvalue weighted by Gasteiger charge is -2.27. The van der Waals surface area contributed by atoms with Gasteiger partial charge in [0.05, 0.1) is 25.0 Å². The van der Waals surface area contributed by atoms with Gasteiger partial charge in [-0.2, -0.15) is 9.61 Å². The highest BCUT2D eigenvalue weighted by Crippen LogP contribution is 2.19. The summed E-state index contributed by atoms with van der Waals surface area (Å²) < 4.78 is 8.76. The summed E-state index contributed by atoms with van der Waals surface area (Å²) in [6.07, 6.45) is 2.31. The Hall–Kier alpha value is -2.19. The van der Waals surface area contributed by atoms with Crippen molar-refractivity contribution in [2.45, 2.75) is 26.4 Å². The molecule has 0 unspecified atom stereocenters. The Bertz CT molecular complexity index is 847. The number of nitrogens with zero attached hydrogens (tertiary/aromatic N) is 4. The van der Waals surface area contributed by atoms with Gasteiger partial charge in [0.25, 0.3) is 11.5 Å². The molecule has 0 saturated carbocycles. The van der Waals surface area contributed by atoms with Crippen LogP contribution in [0.25, 0.3) is 5.65 Å². The molecular weight excluding hydrogens is 310 g/mol. The highest BCUT2D eigenvalue weighted by Gasteiger charge is 2.27. The number of nitrogens with one attached hydrogen (secondary N) is 1. The van der Waals surface area contributed by atoms with Crippen molar-refractivity contribution in [3.63, 3.8) is 0 Å². The number of morpholine rings is 1. The maximum Gasteiger partial charge on any atom is 0.279 e. The van der Waals surface area contributed by atoms with Gasteiger partial charge < -0.3 is 19.5 Å². The van der Waals surface area contributed by atoms with Gasteiger partial charge in [0.1, 0.15) is 5.56 Å². The van der Waals surface area contributed by atoms with Gasteiger partial charge in [0, 0.05) is 44.8 Å². The van der Waals surface area contributed by atoms with Gasteiger partial charge >= 0.3 is 0 Å². The summed E-state index contributed by atoms with van der Waals surface area (Å²) in [6, 6.07) is 0. The molecule has 0 bridgehead atoms. The molecule has 1 amide bonds. The summed E-state index contributed by atoms with van der Waals surface area (Å²) in [5.74, 6) is -0.0798. The Morgan fingerprint density at radius 3 is 2.92 bits per heavy atom. The van der Waals surface area contributed by atoms with Crippen LogP contribution < -0.4 is 10.9 Å². The van der Waals surface area contributed by atoms with E-state index in [1.807, 2.05) is 6.92 Å². The van der Waals surface area contributed by atoms with Gasteiger partial charge in [0.15, 0.2) is 5.65 Å². The minimum atomic E-state index is -0.127. The zero-order valence-corrected chi connectivity index (χ0v) is 13.7. The van der Waals surface area contributed by atoms with Crippen LogP contribution >= 0.6 is 0 Å². The molecular formula is C16H21N5O3. The first-order valence-electron chi connectivity index (χ1n) is 8.42. The van der Waals surface area contributed by atoms with E-state index < -0.39 is 0 Å². The molecule has 128 valence electrons. The van der Waals surface area contributed by atoms with E-state index in [4.69, 9.17) is 4.74 Å². The van der Waals surface area contributed by atoms with Crippen LogP contribution in [0, 0.1) is 0 Å². The maximum absolute atomic E-state index is 12.9. The third-order valence-electron chi connectivity index (χ3n) is 4.81. The number of hydrogen-bond donors (Lipinski definition) is 1. The number of fused-ring (bicyclic) bond motifs is 2. The van der Waals surface area contributed by atoms with E-state index in [1.165, 1.54) is 10.7 Å². The third-order valence-corrected chi connectivity index (χ3v) is 4.81. The van der Waals surface area contributed by atoms with Crippen LogP contribution in [0.4, 0.5) is 0 Å². The standard InChI is InChI=1S/C16H21N5O3/c1-2-20-13-3-4-17-9-11(13)16(23)21-14(20)12(10-18-21)15(22)19-5-7-24-8-6-19/h10,17H,2-9H2,1H3. The Morgan fingerprint density at radius 2 is 2.17 bits per heavy atom. The minimum absolute atomic E-state index is 0.0798. The van der Waals surface area contributed by atoms with Gasteiger partial charge in [-0.15, -0.1) is 0 Å². The van der Waals surface area contributed by atoms with Gasteiger partial charge in [-0.3, -0.25) is 9.59 Å². The molecule has 0 aromatic carbocycles. The van der Waals surface area contributed by atoms with Crippen molar-refractivity contribution < 1.29 is 9.53 Å². The van der Waals surface area contributed by atoms with Crippen molar-refractivity contribution in [1.29, 1.82) is 0 Å². The van der Waals surface area contributed by atoms with Crippen LogP contribution in [0.15, 0.2) is 11.0 Å². The van der Waals surface area contributed by atoms with Crippen molar-refractivity contribution in [1.82, 2.24) is 24.4 Å². The Morgan fingerprint density at radius 1 is 1.38 bits per heavy atom. The van der Waals surface area contributed by atoms with Crippen LogP contribution in [0.1, 0.15) is 28.5 Å². The monoisotopic (exact) mass is 331 g/mol. The molecule has 0 radical (unpaired) electrons. The molecule has 24 heavy (non-hydrogen) atoms. The van der Waals surface area contributed by atoms with Crippen molar-refractivity contribution in [2.24, 2.45) is 0 Å². The molecule has 2 aromatic heterocycles. The predicted molar refractivity (Wildman–Crippen MR) is 87.3 cm³/mol. The molecule has 0 aliphatic carbocycles. The fraction of sp³-hybridized carbons (Fsp3) is 0.562. The zero-order valence-electron chi connectivity index (χ0n) is 13.7. The van der Waals surface area contributed by atoms with E-state index in [-0.39, 0.29) is 11.5 Å². The average molecular weight is 331 g/mol. The molecule has 1 N–H and O–H groups in total. The average Bonchev–Trinajstić information content (AvgIpc) is 3.07. The highest BCUT2D eigenvalue weighted by molar-refractivity contribution is 5.99. The molecule has 8 heteroatoms. The number of carbonyl (C=O) groups excluding carboxylic acids is 1. The van der Waals surface area contributed by atoms with Crippen molar-refractivity contribution in [3.05, 3.63) is 33.4 Å². The molecule has 8 nitrogen and oxygen atoms in total. The van der Waals surface area contributed by atoms with E-state index >= 15 is 0 Å². The second kappa shape index (κ2) is 6.03. The lowest BCUT2D eigenvalue weighted by Crippen LogP contribution is -2.41. The van der Waals surface area contributed by atoms with E-state index in [0.717, 1.165) is 24.2 Å². The second-order valence-electron chi connectivity index (χ2n) is 6.10. The second-order valence-corrected chi connectivity index (χ2v) is 6.10. The minimum Gasteiger partial charge on any atom is -0.378 e. The highest BCUT2D eigenvalue weighted by atomic mass is 16.5. The lowest BCUT2D eigenvalue weighted by molar-refractivity contribution is 0.0304. The Kier molecular flexibility index (Phi) is 3.85. The first-order chi connectivity index (χ1) is 11.7. The SMILES string of the molecule is CCn1c2c(c(=O)n3ncc(C(=O)N4CCOCC4)c13)CNCC2. The number of ether oxygens (including phenoxy) is 1. The van der Waals surface area contributed by atoms with Gasteiger partial charge in [-0.05, 0) is 6.92 Å². The number of aryl methyl sites for hydroxylation is 1. The van der Waals surface area contributed by atoms with Gasteiger partial charge in [0.2, 0.25) is 0 Å². The van der Waals surface area contributed by atoms with Crippen LogP contribution in [-0.2, 0) is 24.2 Å². The topological polar surface area (TPSA) is 80.9 Å². The van der Waals surface area contributed by atoms with Gasteiger partial charge in [-0.1, -0.05) is 0 Å². The van der Waals surface area contributed by atoms with E-state index in [2.05, 4.69) is 15.0 Å². The fourth-order valence-corrected chi connectivity index (χ4v) is 3.60. The lowest BCUT2D eigenvalue weighted by atomic mass is 10.1. The molecule has 1 saturated heterocycles. The van der Waals surface area contributed by atoms with Crippen LogP contribution in [0.3, 0.4) is 0 Å². The Balaban J connectivity index is 1.90. The predicted octanol–water partition coefficient (Wildman–Crippen LogP) is -0.366. The van der Waals surface area contributed by atoms with Crippen molar-refractivity contribution in [2.75, 3.05) is 32.8 Å². The van der Waals surface area contributed by atoms with Crippen molar-refractivity contribution >= 4 is 11.6 Å². The molecule has 2 aromatic rings. The first kappa shape index (κ1) is 15.3. The summed E-state index contributed by atoms with van der Waals surface area (Å²) in [7, 11) is 0. The Labute approximate surface area is 139 Å². The quantitative estimate of drug-likeness (QED) is 0.812. The molecule has 1 fully saturated rings.